The molecule has 0 heterocycles. The first-order valence-corrected chi connectivity index (χ1v) is 5.41. The third kappa shape index (κ3) is 9.28. The van der Waals surface area contributed by atoms with Gasteiger partial charge in [0.05, 0.1) is 0 Å². The molecule has 15 heavy (non-hydrogen) atoms. The van der Waals surface area contributed by atoms with E-state index >= 15 is 0 Å². The molecule has 0 aliphatic carbocycles. The lowest BCUT2D eigenvalue weighted by molar-refractivity contribution is 0.243. The van der Waals surface area contributed by atoms with Crippen LogP contribution >= 0.6 is 0 Å². The highest BCUT2D eigenvalue weighted by atomic mass is 16.2. The lowest BCUT2D eigenvalue weighted by atomic mass is 10.3. The molecule has 0 aromatic heterocycles. The molecule has 0 bridgehead atoms. The van der Waals surface area contributed by atoms with Crippen molar-refractivity contribution in [2.45, 2.75) is 26.7 Å². The first kappa shape index (κ1) is 14.0. The number of rotatable bonds is 6. The van der Waals surface area contributed by atoms with E-state index in [0.29, 0.717) is 6.54 Å². The highest BCUT2D eigenvalue weighted by Gasteiger charge is 1.96. The van der Waals surface area contributed by atoms with Crippen molar-refractivity contribution in [2.75, 3.05) is 27.2 Å². The van der Waals surface area contributed by atoms with E-state index < -0.39 is 0 Å². The van der Waals surface area contributed by atoms with E-state index in [1.165, 1.54) is 5.57 Å². The second-order valence-corrected chi connectivity index (χ2v) is 3.90. The fourth-order valence-corrected chi connectivity index (χ4v) is 0.939. The van der Waals surface area contributed by atoms with Crippen molar-refractivity contribution >= 4 is 6.03 Å². The maximum absolute atomic E-state index is 11.2. The lowest BCUT2D eigenvalue weighted by Gasteiger charge is -2.09. The van der Waals surface area contributed by atoms with Crippen LogP contribution in [0.2, 0.25) is 0 Å². The van der Waals surface area contributed by atoms with Gasteiger partial charge in [-0.1, -0.05) is 12.5 Å². The van der Waals surface area contributed by atoms with Gasteiger partial charge in [-0.2, -0.15) is 0 Å². The Kier molecular flexibility index (Phi) is 7.72. The van der Waals surface area contributed by atoms with Gasteiger partial charge in [0, 0.05) is 12.7 Å². The van der Waals surface area contributed by atoms with Crippen LogP contribution in [0.15, 0.2) is 11.8 Å². The maximum Gasteiger partial charge on any atom is 0.318 e. The Hall–Kier alpha value is -1.03. The topological polar surface area (TPSA) is 44.4 Å². The molecule has 0 saturated heterocycles. The summed E-state index contributed by atoms with van der Waals surface area (Å²) in [5.74, 6) is 0. The summed E-state index contributed by atoms with van der Waals surface area (Å²) in [5, 5.41) is 5.49. The van der Waals surface area contributed by atoms with Crippen LogP contribution in [0.5, 0.6) is 0 Å². The summed E-state index contributed by atoms with van der Waals surface area (Å²) in [6.07, 6.45) is 3.68. The first-order valence-electron chi connectivity index (χ1n) is 5.41. The van der Waals surface area contributed by atoms with E-state index in [2.05, 4.69) is 22.5 Å². The van der Waals surface area contributed by atoms with Crippen LogP contribution in [-0.2, 0) is 0 Å². The second kappa shape index (κ2) is 8.29. The van der Waals surface area contributed by atoms with Crippen LogP contribution in [0.4, 0.5) is 4.79 Å². The van der Waals surface area contributed by atoms with Crippen molar-refractivity contribution in [3.05, 3.63) is 11.8 Å². The number of carbonyl (C=O) groups is 1. The molecule has 0 aliphatic heterocycles. The van der Waals surface area contributed by atoms with Gasteiger partial charge in [-0.15, -0.1) is 0 Å². The molecule has 0 fully saturated rings. The highest BCUT2D eigenvalue weighted by molar-refractivity contribution is 5.74. The average Bonchev–Trinajstić information content (AvgIpc) is 2.20. The smallest absolute Gasteiger partial charge is 0.318 e. The molecule has 88 valence electrons. The Morgan fingerprint density at radius 3 is 2.60 bits per heavy atom. The van der Waals surface area contributed by atoms with Gasteiger partial charge < -0.3 is 15.5 Å². The van der Waals surface area contributed by atoms with Gasteiger partial charge in [-0.05, 0) is 40.4 Å². The normalized spacial score (nSPS) is 11.7. The van der Waals surface area contributed by atoms with Gasteiger partial charge in [0.25, 0.3) is 0 Å². The van der Waals surface area contributed by atoms with Gasteiger partial charge in [-0.25, -0.2) is 4.79 Å². The summed E-state index contributed by atoms with van der Waals surface area (Å²) < 4.78 is 0. The van der Waals surface area contributed by atoms with Crippen LogP contribution in [0.3, 0.4) is 0 Å². The minimum atomic E-state index is -0.124. The van der Waals surface area contributed by atoms with Crippen molar-refractivity contribution in [1.82, 2.24) is 15.5 Å². The van der Waals surface area contributed by atoms with Crippen molar-refractivity contribution in [3.63, 3.8) is 0 Å². The number of allylic oxidation sites excluding steroid dienone is 1. The molecule has 4 heteroatoms. The van der Waals surface area contributed by atoms with E-state index in [1.54, 1.807) is 6.20 Å². The summed E-state index contributed by atoms with van der Waals surface area (Å²) in [6.45, 7) is 5.75. The van der Waals surface area contributed by atoms with Crippen molar-refractivity contribution in [2.24, 2.45) is 0 Å². The lowest BCUT2D eigenvalue weighted by Crippen LogP contribution is -2.34. The van der Waals surface area contributed by atoms with E-state index in [4.69, 9.17) is 0 Å². The van der Waals surface area contributed by atoms with Gasteiger partial charge in [0.15, 0.2) is 0 Å². The molecule has 0 unspecified atom stereocenters. The zero-order chi connectivity index (χ0) is 11.7. The molecule has 0 aromatic rings. The minimum absolute atomic E-state index is 0.124. The third-order valence-electron chi connectivity index (χ3n) is 2.08. The van der Waals surface area contributed by atoms with Gasteiger partial charge in [0.2, 0.25) is 0 Å². The summed E-state index contributed by atoms with van der Waals surface area (Å²) in [7, 11) is 4.04. The number of hydrogen-bond acceptors (Lipinski definition) is 2. The zero-order valence-electron chi connectivity index (χ0n) is 10.3. The predicted molar refractivity (Wildman–Crippen MR) is 63.8 cm³/mol. The molecule has 2 N–H and O–H groups in total. The molecule has 0 radical (unpaired) electrons. The second-order valence-electron chi connectivity index (χ2n) is 3.90. The molecule has 2 amide bonds. The number of nitrogens with zero attached hydrogens (tertiary/aromatic N) is 1. The van der Waals surface area contributed by atoms with E-state index in [9.17, 15) is 4.79 Å². The van der Waals surface area contributed by atoms with Crippen molar-refractivity contribution in [3.8, 4) is 0 Å². The Morgan fingerprint density at radius 1 is 1.40 bits per heavy atom. The van der Waals surface area contributed by atoms with Gasteiger partial charge >= 0.3 is 6.03 Å². The fourth-order valence-electron chi connectivity index (χ4n) is 0.939. The largest absolute Gasteiger partial charge is 0.338 e. The standard InChI is InChI=1S/C11H23N3O/c1-5-10(2)9-13-11(15)12-7-6-8-14(3)4/h9H,5-8H2,1-4H3,(H2,12,13,15)/b10-9+. The summed E-state index contributed by atoms with van der Waals surface area (Å²) in [6, 6.07) is -0.124. The van der Waals surface area contributed by atoms with Crippen molar-refractivity contribution < 1.29 is 4.79 Å². The molecule has 0 aromatic carbocycles. The molecular weight excluding hydrogens is 190 g/mol. The summed E-state index contributed by atoms with van der Waals surface area (Å²) in [5.41, 5.74) is 1.17. The number of amides is 2. The number of urea groups is 1. The molecule has 0 atom stereocenters. The monoisotopic (exact) mass is 213 g/mol. The third-order valence-corrected chi connectivity index (χ3v) is 2.08. The number of nitrogens with one attached hydrogen (secondary N) is 2. The predicted octanol–water partition coefficient (Wildman–Crippen LogP) is 1.55. The van der Waals surface area contributed by atoms with Crippen LogP contribution in [0.25, 0.3) is 0 Å². The average molecular weight is 213 g/mol. The molecule has 0 saturated carbocycles. The quantitative estimate of drug-likeness (QED) is 0.658. The van der Waals surface area contributed by atoms with Gasteiger partial charge in [0.1, 0.15) is 0 Å². The van der Waals surface area contributed by atoms with Crippen LogP contribution in [-0.4, -0.2) is 38.1 Å². The zero-order valence-corrected chi connectivity index (χ0v) is 10.3. The first-order chi connectivity index (χ1) is 7.06. The SMILES string of the molecule is CC/C(C)=C/NC(=O)NCCCN(C)C. The van der Waals surface area contributed by atoms with Crippen LogP contribution in [0.1, 0.15) is 26.7 Å². The van der Waals surface area contributed by atoms with E-state index in [0.717, 1.165) is 19.4 Å². The summed E-state index contributed by atoms with van der Waals surface area (Å²) >= 11 is 0. The maximum atomic E-state index is 11.2. The molecule has 4 nitrogen and oxygen atoms in total. The minimum Gasteiger partial charge on any atom is -0.338 e. The van der Waals surface area contributed by atoms with Crippen LogP contribution in [0, 0.1) is 0 Å². The molecular formula is C11H23N3O. The van der Waals surface area contributed by atoms with E-state index in [-0.39, 0.29) is 6.03 Å². The summed E-state index contributed by atoms with van der Waals surface area (Å²) in [4.78, 5) is 13.3. The molecule has 0 aliphatic rings. The van der Waals surface area contributed by atoms with Gasteiger partial charge in [-0.3, -0.25) is 0 Å². The number of carbonyl (C=O) groups excluding carboxylic acids is 1. The Morgan fingerprint density at radius 2 is 2.07 bits per heavy atom. The van der Waals surface area contributed by atoms with Crippen LogP contribution < -0.4 is 10.6 Å². The van der Waals surface area contributed by atoms with E-state index in [1.807, 2.05) is 21.0 Å². The molecule has 0 rings (SSSR count). The fraction of sp³-hybridized carbons (Fsp3) is 0.727. The molecule has 0 spiro atoms. The highest BCUT2D eigenvalue weighted by Crippen LogP contribution is 1.94. The number of hydrogen-bond donors (Lipinski definition) is 2. The Labute approximate surface area is 92.7 Å². The Balaban J connectivity index is 3.50. The Bertz CT molecular complexity index is 212. The van der Waals surface area contributed by atoms with Crippen molar-refractivity contribution in [1.29, 1.82) is 0 Å².